The molecular weight excluding hydrogens is 835 g/mol. The van der Waals surface area contributed by atoms with Gasteiger partial charge in [0.1, 0.15) is 6.61 Å². The number of hydrogen-bond donors (Lipinski definition) is 1. The molecule has 1 N–H and O–H groups in total. The van der Waals surface area contributed by atoms with E-state index in [4.69, 9.17) is 14.2 Å². The van der Waals surface area contributed by atoms with Crippen LogP contribution in [0.4, 0.5) is 0 Å². The van der Waals surface area contributed by atoms with Crippen molar-refractivity contribution in [1.82, 2.24) is 0 Å². The van der Waals surface area contributed by atoms with Crippen LogP contribution in [0.2, 0.25) is 0 Å². The van der Waals surface area contributed by atoms with Crippen molar-refractivity contribution in [3.8, 4) is 0 Å². The monoisotopic (exact) mass is 945 g/mol. The van der Waals surface area contributed by atoms with Gasteiger partial charge in [-0.3, -0.25) is 9.59 Å². The average Bonchev–Trinajstić information content (AvgIpc) is 3.29. The van der Waals surface area contributed by atoms with Gasteiger partial charge in [-0.15, -0.1) is 0 Å². The summed E-state index contributed by atoms with van der Waals surface area (Å²) in [7, 11) is 5.55. The van der Waals surface area contributed by atoms with Gasteiger partial charge >= 0.3 is 17.9 Å². The van der Waals surface area contributed by atoms with Crippen LogP contribution in [0.25, 0.3) is 0 Å². The molecule has 8 nitrogen and oxygen atoms in total. The summed E-state index contributed by atoms with van der Waals surface area (Å²) in [6.45, 7) is 4.68. The van der Waals surface area contributed by atoms with Gasteiger partial charge in [-0.1, -0.05) is 224 Å². The highest BCUT2D eigenvalue weighted by Crippen LogP contribution is 2.17. The second-order valence-corrected chi connectivity index (χ2v) is 20.5. The summed E-state index contributed by atoms with van der Waals surface area (Å²) in [5.74, 6) is -1.46. The van der Waals surface area contributed by atoms with Crippen LogP contribution in [0, 0.1) is 0 Å². The lowest BCUT2D eigenvalue weighted by molar-refractivity contribution is -0.887. The van der Waals surface area contributed by atoms with E-state index < -0.39 is 18.1 Å². The molecule has 0 fully saturated rings. The molecule has 0 aromatic rings. The molecule has 0 saturated heterocycles. The first-order valence-electron chi connectivity index (χ1n) is 28.5. The van der Waals surface area contributed by atoms with Crippen molar-refractivity contribution in [2.45, 2.75) is 283 Å². The summed E-state index contributed by atoms with van der Waals surface area (Å²) in [4.78, 5) is 37.3. The number of allylic oxidation sites excluding steroid dienone is 6. The van der Waals surface area contributed by atoms with E-state index in [0.717, 1.165) is 51.4 Å². The number of unbranched alkanes of at least 4 members (excludes halogenated alkanes) is 32. The Balaban J connectivity index is 4.15. The zero-order chi connectivity index (χ0) is 49.2. The van der Waals surface area contributed by atoms with E-state index >= 15 is 0 Å². The number of hydrogen-bond acceptors (Lipinski definition) is 6. The molecule has 0 aliphatic carbocycles. The standard InChI is InChI=1S/C59H109NO7/c1-6-8-10-12-14-16-18-20-22-24-26-28-30-32-34-36-38-40-42-44-46-48-50-58(62)67-55(53-65-52-51-56(59(63)64)60(3,4)5)54-66-57(61)49-47-45-43-41-39-37-35-33-31-29-27-25-23-21-19-17-15-13-11-9-7-2/h9,11,15,17,30,32,55-56H,6-8,10,12-14,16,18-29,31,33-54H2,1-5H3/p+1/b11-9+,17-15+,32-30+. The Morgan fingerprint density at radius 2 is 0.836 bits per heavy atom. The van der Waals surface area contributed by atoms with Crippen LogP contribution in [-0.2, 0) is 28.6 Å². The van der Waals surface area contributed by atoms with Crippen LogP contribution >= 0.6 is 0 Å². The molecule has 0 spiro atoms. The maximum atomic E-state index is 12.8. The summed E-state index contributed by atoms with van der Waals surface area (Å²) in [5.41, 5.74) is 0. The van der Waals surface area contributed by atoms with E-state index in [1.165, 1.54) is 186 Å². The van der Waals surface area contributed by atoms with Gasteiger partial charge in [0, 0.05) is 19.3 Å². The summed E-state index contributed by atoms with van der Waals surface area (Å²) < 4.78 is 17.4. The van der Waals surface area contributed by atoms with Crippen molar-refractivity contribution in [1.29, 1.82) is 0 Å². The molecular formula is C59H110NO7+. The summed E-state index contributed by atoms with van der Waals surface area (Å²) in [6.07, 6.45) is 60.6. The van der Waals surface area contributed by atoms with Crippen molar-refractivity contribution >= 4 is 17.9 Å². The first-order chi connectivity index (χ1) is 32.6. The second kappa shape index (κ2) is 50.0. The Kier molecular flexibility index (Phi) is 48.1. The van der Waals surface area contributed by atoms with E-state index in [-0.39, 0.29) is 36.2 Å². The van der Waals surface area contributed by atoms with E-state index in [9.17, 15) is 19.5 Å². The lowest BCUT2D eigenvalue weighted by atomic mass is 10.0. The van der Waals surface area contributed by atoms with Crippen molar-refractivity contribution in [2.75, 3.05) is 41.0 Å². The fraction of sp³-hybridized carbons (Fsp3) is 0.847. The third-order valence-corrected chi connectivity index (χ3v) is 13.0. The zero-order valence-electron chi connectivity index (χ0n) is 44.9. The average molecular weight is 946 g/mol. The topological polar surface area (TPSA) is 99.1 Å². The number of carbonyl (C=O) groups excluding carboxylic acids is 2. The number of nitrogens with zero attached hydrogens (tertiary/aromatic N) is 1. The molecule has 8 heteroatoms. The fourth-order valence-corrected chi connectivity index (χ4v) is 8.66. The molecule has 0 saturated carbocycles. The molecule has 0 radical (unpaired) electrons. The summed E-state index contributed by atoms with van der Waals surface area (Å²) in [5, 5.41) is 9.68. The molecule has 0 heterocycles. The number of rotatable bonds is 52. The van der Waals surface area contributed by atoms with E-state index in [1.807, 2.05) is 21.1 Å². The Bertz CT molecular complexity index is 1190. The predicted molar refractivity (Wildman–Crippen MR) is 285 cm³/mol. The Labute approximate surface area is 414 Å². The van der Waals surface area contributed by atoms with Crippen LogP contribution in [0.15, 0.2) is 36.5 Å². The number of quaternary nitrogens is 1. The molecule has 2 atom stereocenters. The molecule has 0 aromatic carbocycles. The fourth-order valence-electron chi connectivity index (χ4n) is 8.66. The minimum Gasteiger partial charge on any atom is -0.477 e. The van der Waals surface area contributed by atoms with Crippen molar-refractivity contribution in [3.63, 3.8) is 0 Å². The maximum absolute atomic E-state index is 12.8. The zero-order valence-corrected chi connectivity index (χ0v) is 44.9. The van der Waals surface area contributed by atoms with Gasteiger partial charge in [0.05, 0.1) is 34.4 Å². The van der Waals surface area contributed by atoms with Crippen LogP contribution in [0.1, 0.15) is 271 Å². The molecule has 0 bridgehead atoms. The Morgan fingerprint density at radius 1 is 0.463 bits per heavy atom. The second-order valence-electron chi connectivity index (χ2n) is 20.5. The highest BCUT2D eigenvalue weighted by molar-refractivity contribution is 5.72. The molecule has 0 amide bonds. The maximum Gasteiger partial charge on any atom is 0.362 e. The van der Waals surface area contributed by atoms with Gasteiger partial charge in [0.15, 0.2) is 12.1 Å². The molecule has 0 aromatic heterocycles. The van der Waals surface area contributed by atoms with Gasteiger partial charge in [-0.2, -0.15) is 0 Å². The van der Waals surface area contributed by atoms with Gasteiger partial charge in [-0.25, -0.2) is 4.79 Å². The smallest absolute Gasteiger partial charge is 0.362 e. The molecule has 0 aliphatic rings. The highest BCUT2D eigenvalue weighted by Gasteiger charge is 2.31. The van der Waals surface area contributed by atoms with Crippen molar-refractivity contribution < 1.29 is 38.2 Å². The quantitative estimate of drug-likeness (QED) is 0.0281. The predicted octanol–water partition coefficient (Wildman–Crippen LogP) is 16.9. The normalized spacial score (nSPS) is 13.0. The van der Waals surface area contributed by atoms with Gasteiger partial charge in [-0.05, 0) is 64.2 Å². The number of aliphatic carboxylic acids is 1. The summed E-state index contributed by atoms with van der Waals surface area (Å²) in [6, 6.07) is -0.615. The number of esters is 2. The van der Waals surface area contributed by atoms with Gasteiger partial charge in [0.25, 0.3) is 0 Å². The lowest BCUT2D eigenvalue weighted by Gasteiger charge is -2.31. The van der Waals surface area contributed by atoms with E-state index in [0.29, 0.717) is 19.3 Å². The van der Waals surface area contributed by atoms with Crippen molar-refractivity contribution in [2.24, 2.45) is 0 Å². The number of ether oxygens (including phenoxy) is 3. The number of carboxylic acid groups (broad SMARTS) is 1. The number of carbonyl (C=O) groups is 3. The van der Waals surface area contributed by atoms with E-state index in [2.05, 4.69) is 50.3 Å². The third-order valence-electron chi connectivity index (χ3n) is 13.0. The molecule has 0 rings (SSSR count). The van der Waals surface area contributed by atoms with Gasteiger partial charge in [0.2, 0.25) is 0 Å². The minimum atomic E-state index is -0.872. The highest BCUT2D eigenvalue weighted by atomic mass is 16.6. The molecule has 392 valence electrons. The SMILES string of the molecule is CC/C=C/C/C=C/CCCCCCCCCCCCCCCCC(=O)OCC(COCCC(C(=O)O)[N+](C)(C)C)OC(=O)CCCCCCCCC/C=C/CCCCCCCCCCCCC. The lowest BCUT2D eigenvalue weighted by Crippen LogP contribution is -2.50. The Morgan fingerprint density at radius 3 is 1.24 bits per heavy atom. The van der Waals surface area contributed by atoms with Gasteiger partial charge < -0.3 is 23.8 Å². The van der Waals surface area contributed by atoms with Crippen molar-refractivity contribution in [3.05, 3.63) is 36.5 Å². The Hall–Kier alpha value is -2.45. The molecule has 0 aliphatic heterocycles. The van der Waals surface area contributed by atoms with Crippen LogP contribution in [0.5, 0.6) is 0 Å². The van der Waals surface area contributed by atoms with Crippen LogP contribution in [-0.4, -0.2) is 80.6 Å². The first-order valence-corrected chi connectivity index (χ1v) is 28.5. The first kappa shape index (κ1) is 64.5. The third kappa shape index (κ3) is 48.4. The summed E-state index contributed by atoms with van der Waals surface area (Å²) >= 11 is 0. The number of likely N-dealkylation sites (N-methyl/N-ethyl adjacent to an activating group) is 1. The van der Waals surface area contributed by atoms with E-state index in [1.54, 1.807) is 0 Å². The van der Waals surface area contributed by atoms with Crippen LogP contribution < -0.4 is 0 Å². The number of carboxylic acids is 1. The largest absolute Gasteiger partial charge is 0.477 e. The minimum absolute atomic E-state index is 0.0498. The van der Waals surface area contributed by atoms with Crippen LogP contribution in [0.3, 0.4) is 0 Å². The molecule has 2 unspecified atom stereocenters. The molecule has 67 heavy (non-hydrogen) atoms.